The van der Waals surface area contributed by atoms with Gasteiger partial charge in [-0.2, -0.15) is 0 Å². The number of ether oxygens (including phenoxy) is 1. The lowest BCUT2D eigenvalue weighted by atomic mass is 10.0. The second-order valence-electron chi connectivity index (χ2n) is 5.23. The van der Waals surface area contributed by atoms with Crippen LogP contribution >= 0.6 is 12.4 Å². The first kappa shape index (κ1) is 18.5. The van der Waals surface area contributed by atoms with E-state index in [0.717, 1.165) is 36.1 Å². The molecule has 1 heterocycles. The highest BCUT2D eigenvalue weighted by atomic mass is 35.5. The average molecular weight is 322 g/mol. The smallest absolute Gasteiger partial charge is 0.120 e. The number of aliphatic hydroxyl groups is 1. The number of unbranched alkanes of at least 4 members (excludes halogenated alkanes) is 2. The second-order valence-corrected chi connectivity index (χ2v) is 5.23. The molecule has 1 N–H and O–H groups in total. The summed E-state index contributed by atoms with van der Waals surface area (Å²) in [5.41, 5.74) is 1.96. The summed E-state index contributed by atoms with van der Waals surface area (Å²) in [6, 6.07) is 11.6. The molecule has 120 valence electrons. The summed E-state index contributed by atoms with van der Waals surface area (Å²) < 4.78 is 5.76. The Bertz CT molecular complexity index is 534. The van der Waals surface area contributed by atoms with Gasteiger partial charge in [0.2, 0.25) is 0 Å². The molecular formula is C18H24ClNO2. The molecule has 0 bridgehead atoms. The molecule has 1 unspecified atom stereocenters. The molecule has 0 fully saturated rings. The monoisotopic (exact) mass is 321 g/mol. The summed E-state index contributed by atoms with van der Waals surface area (Å²) in [7, 11) is 0. The van der Waals surface area contributed by atoms with Crippen molar-refractivity contribution in [3.63, 3.8) is 0 Å². The normalized spacial score (nSPS) is 11.5. The maximum atomic E-state index is 10.2. The Morgan fingerprint density at radius 2 is 2.05 bits per heavy atom. The largest absolute Gasteiger partial charge is 0.489 e. The van der Waals surface area contributed by atoms with E-state index in [-0.39, 0.29) is 12.4 Å². The quantitative estimate of drug-likeness (QED) is 0.717. The summed E-state index contributed by atoms with van der Waals surface area (Å²) >= 11 is 0. The Labute approximate surface area is 138 Å². The molecule has 0 radical (unpaired) electrons. The fourth-order valence-electron chi connectivity index (χ4n) is 2.22. The molecule has 1 atom stereocenters. The Kier molecular flexibility index (Phi) is 8.56. The third-order valence-electron chi connectivity index (χ3n) is 3.45. The molecular weight excluding hydrogens is 298 g/mol. The molecule has 3 nitrogen and oxygen atoms in total. The predicted octanol–water partition coefficient (Wildman–Crippen LogP) is 4.70. The van der Waals surface area contributed by atoms with E-state index >= 15 is 0 Å². The lowest BCUT2D eigenvalue weighted by molar-refractivity contribution is 0.163. The highest BCUT2D eigenvalue weighted by molar-refractivity contribution is 5.85. The predicted molar refractivity (Wildman–Crippen MR) is 91.4 cm³/mol. The molecule has 2 rings (SSSR count). The Balaban J connectivity index is 0.00000242. The van der Waals surface area contributed by atoms with Crippen LogP contribution < -0.4 is 4.74 Å². The molecule has 4 heteroatoms. The molecule has 1 aromatic heterocycles. The number of hydrogen-bond donors (Lipinski definition) is 1. The highest BCUT2D eigenvalue weighted by Gasteiger charge is 2.08. The van der Waals surface area contributed by atoms with Crippen LogP contribution in [-0.2, 0) is 6.61 Å². The van der Waals surface area contributed by atoms with E-state index in [0.29, 0.717) is 6.61 Å². The van der Waals surface area contributed by atoms with Gasteiger partial charge in [-0.25, -0.2) is 0 Å². The van der Waals surface area contributed by atoms with Crippen molar-refractivity contribution in [2.45, 2.75) is 45.3 Å². The summed E-state index contributed by atoms with van der Waals surface area (Å²) in [5, 5.41) is 10.2. The van der Waals surface area contributed by atoms with Gasteiger partial charge in [-0.1, -0.05) is 44.4 Å². The van der Waals surface area contributed by atoms with Crippen LogP contribution in [0, 0.1) is 0 Å². The van der Waals surface area contributed by atoms with Crippen molar-refractivity contribution in [2.24, 2.45) is 0 Å². The molecule has 0 saturated carbocycles. The zero-order chi connectivity index (χ0) is 14.9. The van der Waals surface area contributed by atoms with Crippen LogP contribution in [0.4, 0.5) is 0 Å². The third kappa shape index (κ3) is 6.04. The van der Waals surface area contributed by atoms with Gasteiger partial charge in [-0.05, 0) is 30.2 Å². The van der Waals surface area contributed by atoms with Crippen LogP contribution in [0.25, 0.3) is 0 Å². The molecule has 0 aliphatic carbocycles. The molecule has 2 aromatic rings. The molecule has 0 aliphatic heterocycles. The van der Waals surface area contributed by atoms with Gasteiger partial charge in [0.1, 0.15) is 12.4 Å². The maximum Gasteiger partial charge on any atom is 0.120 e. The van der Waals surface area contributed by atoms with Gasteiger partial charge in [0.25, 0.3) is 0 Å². The molecule has 1 aromatic carbocycles. The average Bonchev–Trinajstić information content (AvgIpc) is 2.54. The van der Waals surface area contributed by atoms with E-state index in [9.17, 15) is 5.11 Å². The summed E-state index contributed by atoms with van der Waals surface area (Å²) in [6.45, 7) is 2.66. The zero-order valence-electron chi connectivity index (χ0n) is 12.9. The van der Waals surface area contributed by atoms with Gasteiger partial charge in [-0.3, -0.25) is 4.98 Å². The first-order valence-corrected chi connectivity index (χ1v) is 7.59. The van der Waals surface area contributed by atoms with Gasteiger partial charge in [0.15, 0.2) is 0 Å². The third-order valence-corrected chi connectivity index (χ3v) is 3.45. The first-order chi connectivity index (χ1) is 10.3. The fourth-order valence-corrected chi connectivity index (χ4v) is 2.22. The summed E-state index contributed by atoms with van der Waals surface area (Å²) in [6.07, 6.45) is 7.33. The van der Waals surface area contributed by atoms with Gasteiger partial charge >= 0.3 is 0 Å². The van der Waals surface area contributed by atoms with Crippen molar-refractivity contribution < 1.29 is 9.84 Å². The van der Waals surface area contributed by atoms with Crippen molar-refractivity contribution in [1.82, 2.24) is 4.98 Å². The number of pyridine rings is 1. The zero-order valence-corrected chi connectivity index (χ0v) is 13.8. The fraction of sp³-hybridized carbons (Fsp3) is 0.389. The first-order valence-electron chi connectivity index (χ1n) is 7.59. The van der Waals surface area contributed by atoms with Gasteiger partial charge in [0.05, 0.1) is 6.10 Å². The van der Waals surface area contributed by atoms with Gasteiger partial charge < -0.3 is 9.84 Å². The van der Waals surface area contributed by atoms with Crippen LogP contribution in [0.3, 0.4) is 0 Å². The van der Waals surface area contributed by atoms with Crippen molar-refractivity contribution >= 4 is 12.4 Å². The number of nitrogens with zero attached hydrogens (tertiary/aromatic N) is 1. The van der Waals surface area contributed by atoms with Crippen LogP contribution in [-0.4, -0.2) is 10.1 Å². The number of aliphatic hydroxyl groups excluding tert-OH is 1. The van der Waals surface area contributed by atoms with Crippen molar-refractivity contribution in [1.29, 1.82) is 0 Å². The van der Waals surface area contributed by atoms with Crippen molar-refractivity contribution in [3.05, 3.63) is 59.9 Å². The molecule has 0 spiro atoms. The van der Waals surface area contributed by atoms with Crippen LogP contribution in [0.1, 0.15) is 49.8 Å². The minimum atomic E-state index is -0.404. The lowest BCUT2D eigenvalue weighted by Gasteiger charge is -2.13. The van der Waals surface area contributed by atoms with Crippen LogP contribution in [0.5, 0.6) is 5.75 Å². The van der Waals surface area contributed by atoms with E-state index in [2.05, 4.69) is 11.9 Å². The highest BCUT2D eigenvalue weighted by Crippen LogP contribution is 2.24. The maximum absolute atomic E-state index is 10.2. The summed E-state index contributed by atoms with van der Waals surface area (Å²) in [4.78, 5) is 4.06. The van der Waals surface area contributed by atoms with E-state index in [1.807, 2.05) is 36.4 Å². The topological polar surface area (TPSA) is 42.4 Å². The number of rotatable bonds is 8. The summed E-state index contributed by atoms with van der Waals surface area (Å²) in [5.74, 6) is 0.783. The molecule has 0 aliphatic rings. The number of aromatic nitrogens is 1. The van der Waals surface area contributed by atoms with Gasteiger partial charge in [-0.15, -0.1) is 12.4 Å². The second kappa shape index (κ2) is 10.2. The molecule has 22 heavy (non-hydrogen) atoms. The van der Waals surface area contributed by atoms with E-state index in [4.69, 9.17) is 4.74 Å². The van der Waals surface area contributed by atoms with Crippen LogP contribution in [0.2, 0.25) is 0 Å². The molecule has 0 saturated heterocycles. The SMILES string of the molecule is CCCCCC(O)c1cccc(OCc2cccnc2)c1.Cl. The van der Waals surface area contributed by atoms with E-state index in [1.54, 1.807) is 12.4 Å². The van der Waals surface area contributed by atoms with Crippen molar-refractivity contribution in [2.75, 3.05) is 0 Å². The number of halogens is 1. The van der Waals surface area contributed by atoms with E-state index in [1.165, 1.54) is 6.42 Å². The number of benzene rings is 1. The minimum absolute atomic E-state index is 0. The van der Waals surface area contributed by atoms with Crippen molar-refractivity contribution in [3.8, 4) is 5.75 Å². The minimum Gasteiger partial charge on any atom is -0.489 e. The van der Waals surface area contributed by atoms with Gasteiger partial charge in [0, 0.05) is 18.0 Å². The lowest BCUT2D eigenvalue weighted by Crippen LogP contribution is -2.00. The number of hydrogen-bond acceptors (Lipinski definition) is 3. The standard InChI is InChI=1S/C18H23NO2.ClH/c1-2-3-4-10-18(20)16-8-5-9-17(12-16)21-14-15-7-6-11-19-13-15;/h5-9,11-13,18,20H,2-4,10,14H2,1H3;1H. The van der Waals surface area contributed by atoms with E-state index < -0.39 is 6.10 Å². The Hall–Kier alpha value is -1.58. The van der Waals surface area contributed by atoms with Crippen LogP contribution in [0.15, 0.2) is 48.8 Å². The Morgan fingerprint density at radius 3 is 2.77 bits per heavy atom. The Morgan fingerprint density at radius 1 is 1.18 bits per heavy atom. The molecule has 0 amide bonds.